The fourth-order valence-electron chi connectivity index (χ4n) is 1.45. The van der Waals surface area contributed by atoms with E-state index in [0.717, 1.165) is 0 Å². The van der Waals surface area contributed by atoms with Gasteiger partial charge in [0, 0.05) is 0 Å². The third-order valence-corrected chi connectivity index (χ3v) is 5.21. The van der Waals surface area contributed by atoms with Crippen molar-refractivity contribution in [2.24, 2.45) is 0 Å². The Bertz CT molecular complexity index is 379. The Morgan fingerprint density at radius 2 is 0.615 bits per heavy atom. The van der Waals surface area contributed by atoms with E-state index in [9.17, 15) is 0 Å². The number of rotatable bonds is 2. The quantitative estimate of drug-likeness (QED) is 0.442. The molecule has 2 rings (SSSR count). The van der Waals surface area contributed by atoms with Gasteiger partial charge in [-0.25, -0.2) is 0 Å². The first-order valence-corrected chi connectivity index (χ1v) is 12.5. The van der Waals surface area contributed by atoms with Gasteiger partial charge in [0.05, 0.1) is 0 Å². The molecule has 0 N–H and O–H groups in total. The molecule has 2 aromatic carbocycles. The summed E-state index contributed by atoms with van der Waals surface area (Å²) < 4.78 is 0. The lowest BCUT2D eigenvalue weighted by Crippen LogP contribution is -1.95. The minimum absolute atomic E-state index is 0. The Balaban J connectivity index is -0.0000000571. The van der Waals surface area contributed by atoms with E-state index >= 15 is 0 Å². The zero-order valence-corrected chi connectivity index (χ0v) is 17.5. The molecule has 0 spiro atoms. The summed E-state index contributed by atoms with van der Waals surface area (Å²) in [7, 11) is 0.209. The van der Waals surface area contributed by atoms with Crippen molar-refractivity contribution >= 4 is 26.5 Å². The summed E-state index contributed by atoms with van der Waals surface area (Å²) >= 11 is 0. The average molecular weight is 401 g/mol. The highest BCUT2D eigenvalue weighted by Crippen LogP contribution is 2.22. The van der Waals surface area contributed by atoms with Gasteiger partial charge in [0.2, 0.25) is 0 Å². The third kappa shape index (κ3) is 21.3. The average Bonchev–Trinajstić information content (AvgIpc) is 2.60. The molecular weight excluding hydrogens is 350 g/mol. The van der Waals surface area contributed by atoms with Gasteiger partial charge in [-0.15, -0.1) is 0 Å². The molecule has 0 fully saturated rings. The fraction of sp³-hybridized carbons (Fsp3) is 0.500. The van der Waals surface area contributed by atoms with Gasteiger partial charge >= 0.3 is 0 Å². The smallest absolute Gasteiger partial charge is 0.0246 e. The summed E-state index contributed by atoms with van der Waals surface area (Å²) in [4.78, 5) is 0. The number of benzene rings is 2. The molecule has 0 aromatic heterocycles. The van der Waals surface area contributed by atoms with Crippen molar-refractivity contribution in [3.63, 3.8) is 0 Å². The van der Waals surface area contributed by atoms with Gasteiger partial charge in [0.25, 0.3) is 0 Å². The zero-order valence-electron chi connectivity index (χ0n) is 15.7. The zero-order chi connectivity index (χ0) is 17.4. The molecule has 0 amide bonds. The van der Waals surface area contributed by atoms with Crippen molar-refractivity contribution < 1.29 is 0 Å². The second-order valence-corrected chi connectivity index (χ2v) is 9.07. The van der Waals surface area contributed by atoms with Crippen LogP contribution in [0, 0.1) is 0 Å². The van der Waals surface area contributed by atoms with Crippen molar-refractivity contribution in [3.05, 3.63) is 60.7 Å². The molecule has 0 bridgehead atoms. The van der Waals surface area contributed by atoms with Gasteiger partial charge in [-0.1, -0.05) is 134 Å². The lowest BCUT2D eigenvalue weighted by molar-refractivity contribution is 1.50. The first kappa shape index (κ1) is 40.1. The maximum Gasteiger partial charge on any atom is -0.0246 e. The highest BCUT2D eigenvalue weighted by Gasteiger charge is 1.93. The molecule has 26 heavy (non-hydrogen) atoms. The van der Waals surface area contributed by atoms with E-state index in [1.54, 1.807) is 0 Å². The summed E-state index contributed by atoms with van der Waals surface area (Å²) in [5.41, 5.74) is 0. The van der Waals surface area contributed by atoms with Crippen LogP contribution in [0.3, 0.4) is 0 Å². The van der Waals surface area contributed by atoms with Crippen molar-refractivity contribution in [3.8, 4) is 0 Å². The Kier molecular flexibility index (Phi) is 44.9. The van der Waals surface area contributed by atoms with Crippen LogP contribution in [-0.2, 0) is 0 Å². The largest absolute Gasteiger partial charge is 0.0817 e. The highest BCUT2D eigenvalue weighted by molar-refractivity contribution is 7.64. The molecule has 156 valence electrons. The van der Waals surface area contributed by atoms with Crippen molar-refractivity contribution in [1.82, 2.24) is 0 Å². The predicted octanol–water partition coefficient (Wildman–Crippen LogP) is 8.70. The van der Waals surface area contributed by atoms with Crippen LogP contribution in [0.15, 0.2) is 60.7 Å². The molecule has 0 aliphatic heterocycles. The Labute approximate surface area is 171 Å². The van der Waals surface area contributed by atoms with Crippen molar-refractivity contribution in [2.45, 2.75) is 57.4 Å². The van der Waals surface area contributed by atoms with E-state index in [1.807, 2.05) is 27.7 Å². The first-order valence-electron chi connectivity index (χ1n) is 8.06. The van der Waals surface area contributed by atoms with Gasteiger partial charge in [0.15, 0.2) is 0 Å². The van der Waals surface area contributed by atoms with Crippen molar-refractivity contribution in [1.29, 1.82) is 0 Å². The normalized spacial score (nSPS) is 7.46. The molecular formula is C24H50P2. The third-order valence-electron chi connectivity index (χ3n) is 2.55. The van der Waals surface area contributed by atoms with Crippen LogP contribution >= 0.6 is 15.8 Å². The summed E-state index contributed by atoms with van der Waals surface area (Å²) in [6, 6.07) is 21.2. The van der Waals surface area contributed by atoms with Gasteiger partial charge in [-0.2, -0.15) is 0 Å². The summed E-state index contributed by atoms with van der Waals surface area (Å²) in [6.45, 7) is 17.1. The predicted molar refractivity (Wildman–Crippen MR) is 139 cm³/mol. The van der Waals surface area contributed by atoms with Crippen molar-refractivity contribution in [2.75, 3.05) is 26.7 Å². The SMILES string of the molecule is C.C.C.C.CC.CC.CP(C)c1ccccc1.CP(C)c1ccccc1. The van der Waals surface area contributed by atoms with E-state index < -0.39 is 0 Å². The van der Waals surface area contributed by atoms with Crippen LogP contribution in [0.25, 0.3) is 0 Å². The van der Waals surface area contributed by atoms with Crippen LogP contribution in [-0.4, -0.2) is 26.7 Å². The number of hydrogen-bond donors (Lipinski definition) is 0. The maximum atomic E-state index is 2.27. The van der Waals surface area contributed by atoms with Gasteiger partial charge in [-0.05, 0) is 37.3 Å². The lowest BCUT2D eigenvalue weighted by Gasteiger charge is -2.02. The molecule has 2 heteroatoms. The molecule has 0 heterocycles. The summed E-state index contributed by atoms with van der Waals surface area (Å²) in [6.07, 6.45) is 0. The van der Waals surface area contributed by atoms with E-state index in [0.29, 0.717) is 0 Å². The minimum atomic E-state index is 0. The molecule has 0 saturated carbocycles. The fourth-order valence-corrected chi connectivity index (χ4v) is 2.99. The monoisotopic (exact) mass is 400 g/mol. The Morgan fingerprint density at radius 1 is 0.423 bits per heavy atom. The van der Waals surface area contributed by atoms with E-state index in [4.69, 9.17) is 0 Å². The van der Waals surface area contributed by atoms with Gasteiger partial charge in [-0.3, -0.25) is 0 Å². The van der Waals surface area contributed by atoms with E-state index in [2.05, 4.69) is 87.3 Å². The Morgan fingerprint density at radius 3 is 0.731 bits per heavy atom. The molecule has 0 radical (unpaired) electrons. The van der Waals surface area contributed by atoms with E-state index in [-0.39, 0.29) is 45.5 Å². The molecule has 0 aliphatic carbocycles. The molecule has 0 nitrogen and oxygen atoms in total. The number of hydrogen-bond acceptors (Lipinski definition) is 0. The maximum absolute atomic E-state index is 2.27. The minimum Gasteiger partial charge on any atom is -0.0817 e. The van der Waals surface area contributed by atoms with Gasteiger partial charge in [0.1, 0.15) is 0 Å². The van der Waals surface area contributed by atoms with Crippen LogP contribution in [0.1, 0.15) is 57.4 Å². The topological polar surface area (TPSA) is 0 Å². The summed E-state index contributed by atoms with van der Waals surface area (Å²) in [5.74, 6) is 0. The molecule has 0 saturated heterocycles. The molecule has 0 atom stereocenters. The highest BCUT2D eigenvalue weighted by atomic mass is 31.1. The standard InChI is InChI=1S/2C8H11P.2C2H6.4CH4/c2*1-9(2)8-6-4-3-5-7-8;2*1-2;;;;/h2*3-7H,1-2H3;2*1-2H3;4*1H4. The first-order chi connectivity index (χ1) is 10.6. The second-order valence-electron chi connectivity index (χ2n) is 4.46. The molecule has 0 unspecified atom stereocenters. The molecule has 0 aliphatic rings. The second kappa shape index (κ2) is 29.1. The van der Waals surface area contributed by atoms with Crippen LogP contribution in [0.5, 0.6) is 0 Å². The van der Waals surface area contributed by atoms with Crippen LogP contribution in [0.4, 0.5) is 0 Å². The summed E-state index contributed by atoms with van der Waals surface area (Å²) in [5, 5.41) is 2.96. The lowest BCUT2D eigenvalue weighted by atomic mass is 10.4. The van der Waals surface area contributed by atoms with E-state index in [1.165, 1.54) is 10.6 Å². The van der Waals surface area contributed by atoms with Crippen LogP contribution in [0.2, 0.25) is 0 Å². The Hall–Kier alpha value is -0.700. The molecule has 2 aromatic rings. The van der Waals surface area contributed by atoms with Crippen LogP contribution < -0.4 is 10.6 Å². The van der Waals surface area contributed by atoms with Gasteiger partial charge < -0.3 is 0 Å².